The van der Waals surface area contributed by atoms with Crippen LogP contribution in [0.3, 0.4) is 0 Å². The minimum absolute atomic E-state index is 0.0112. The van der Waals surface area contributed by atoms with Crippen molar-refractivity contribution < 1.29 is 60.0 Å². The van der Waals surface area contributed by atoms with E-state index in [0.29, 0.717) is 106 Å². The van der Waals surface area contributed by atoms with E-state index in [1.807, 2.05) is 0 Å². The van der Waals surface area contributed by atoms with Gasteiger partial charge in [0.2, 0.25) is 11.8 Å². The number of anilines is 6. The Morgan fingerprint density at radius 1 is 0.625 bits per heavy atom. The van der Waals surface area contributed by atoms with Gasteiger partial charge < -0.3 is 33.9 Å². The zero-order valence-electron chi connectivity index (χ0n) is 42.8. The number of amides is 4. The number of halogens is 8. The first-order valence-electron chi connectivity index (χ1n) is 26.0. The van der Waals surface area contributed by atoms with Crippen LogP contribution in [0.1, 0.15) is 56.1 Å². The molecule has 0 saturated carbocycles. The largest absolute Gasteiger partial charge is 0.478 e. The standard InChI is InChI=1S/C30H31ClF3N5O4.C25H23ClF3N5O3/c31-22-17-23-28(37-27(22)19-6-3-7-20(16-19)30(32,33)34)39(21-11-12-38(23)18-21)29(40)36-24-8-4-9-25(35-24)41-14-5-15-43-26-10-1-2-13-42-26;26-18-13-19-23(32-22(18)15-4-1-5-16(12-15)25(27,28)29)34(17-8-9-33(19)14-17)24(36)31-20-6-2-7-21(30-20)37-11-3-10-35/h3-4,6-9,16-17,21,26H,1-2,5,10-15,18H2,(H,35,36,40);1-2,4-7,12-13,17,35H,3,8-11,14H2,(H,30,31,36)/t21-,26?;17-/m00/s1. The van der Waals surface area contributed by atoms with Crippen LogP contribution >= 0.6 is 23.2 Å². The van der Waals surface area contributed by atoms with Gasteiger partial charge in [0.15, 0.2) is 17.9 Å². The van der Waals surface area contributed by atoms with E-state index < -0.39 is 35.5 Å². The van der Waals surface area contributed by atoms with Crippen molar-refractivity contribution in [1.29, 1.82) is 0 Å². The average Bonchev–Trinajstić information content (AvgIpc) is 4.07. The second-order valence-corrected chi connectivity index (χ2v) is 20.2. The molecule has 3 atom stereocenters. The van der Waals surface area contributed by atoms with Gasteiger partial charge in [-0.1, -0.05) is 59.6 Å². The van der Waals surface area contributed by atoms with Crippen molar-refractivity contribution in [2.75, 3.05) is 89.4 Å². The van der Waals surface area contributed by atoms with Crippen LogP contribution in [0.2, 0.25) is 10.0 Å². The van der Waals surface area contributed by atoms with Gasteiger partial charge in [0, 0.05) is 75.5 Å². The number of hydrogen-bond acceptors (Lipinski definition) is 13. The fraction of sp³-hybridized carbons (Fsp3) is 0.382. The van der Waals surface area contributed by atoms with Gasteiger partial charge >= 0.3 is 24.4 Å². The number of ether oxygens (including phenoxy) is 4. The molecule has 4 aromatic heterocycles. The van der Waals surface area contributed by atoms with E-state index >= 15 is 0 Å². The first-order chi connectivity index (χ1) is 38.5. The van der Waals surface area contributed by atoms with Crippen molar-refractivity contribution in [3.8, 4) is 34.3 Å². The molecular weight excluding hydrogens is 1100 g/mol. The zero-order chi connectivity index (χ0) is 56.1. The van der Waals surface area contributed by atoms with Gasteiger partial charge in [-0.25, -0.2) is 19.6 Å². The van der Waals surface area contributed by atoms with Crippen LogP contribution in [0.15, 0.2) is 97.1 Å². The molecule has 9 heterocycles. The summed E-state index contributed by atoms with van der Waals surface area (Å²) >= 11 is 13.0. The van der Waals surface area contributed by atoms with Crippen molar-refractivity contribution in [2.45, 2.75) is 75.7 Å². The van der Waals surface area contributed by atoms with Gasteiger partial charge in [0.1, 0.15) is 11.6 Å². The summed E-state index contributed by atoms with van der Waals surface area (Å²) in [5, 5.41) is 14.9. The highest BCUT2D eigenvalue weighted by atomic mass is 35.5. The molecule has 11 rings (SSSR count). The molecule has 80 heavy (non-hydrogen) atoms. The number of urea groups is 2. The summed E-state index contributed by atoms with van der Waals surface area (Å²) in [4.78, 5) is 52.3. The number of hydrogen-bond donors (Lipinski definition) is 3. The fourth-order valence-corrected chi connectivity index (χ4v) is 10.6. The number of aliphatic hydroxyl groups is 1. The van der Waals surface area contributed by atoms with E-state index in [4.69, 9.17) is 47.3 Å². The van der Waals surface area contributed by atoms with Crippen molar-refractivity contribution in [3.05, 3.63) is 118 Å². The highest BCUT2D eigenvalue weighted by Gasteiger charge is 2.43. The van der Waals surface area contributed by atoms with Gasteiger partial charge in [0.25, 0.3) is 0 Å². The maximum absolute atomic E-state index is 13.7. The number of rotatable bonds is 14. The second kappa shape index (κ2) is 24.3. The molecule has 6 aromatic rings. The third-order valence-corrected chi connectivity index (χ3v) is 14.5. The maximum atomic E-state index is 13.7. The number of carbonyl (C=O) groups is 2. The molecule has 0 aliphatic carbocycles. The number of nitrogens with zero attached hydrogens (tertiary/aromatic N) is 8. The number of carbonyl (C=O) groups excluding carboxylic acids is 2. The Hall–Kier alpha value is -7.18. The number of alkyl halides is 6. The Labute approximate surface area is 465 Å². The Morgan fingerprint density at radius 3 is 1.57 bits per heavy atom. The normalized spacial score (nSPS) is 18.2. The van der Waals surface area contributed by atoms with Crippen molar-refractivity contribution >= 4 is 69.9 Å². The number of benzene rings is 2. The van der Waals surface area contributed by atoms with E-state index in [9.17, 15) is 35.9 Å². The van der Waals surface area contributed by atoms with Crippen LogP contribution in [0, 0.1) is 0 Å². The molecule has 1 unspecified atom stereocenters. The number of pyridine rings is 4. The third kappa shape index (κ3) is 12.9. The zero-order valence-corrected chi connectivity index (χ0v) is 44.3. The number of aromatic nitrogens is 4. The summed E-state index contributed by atoms with van der Waals surface area (Å²) < 4.78 is 103. The summed E-state index contributed by atoms with van der Waals surface area (Å²) in [6.07, 6.45) is -3.62. The van der Waals surface area contributed by atoms with Crippen LogP contribution < -0.4 is 39.7 Å². The molecule has 17 nitrogen and oxygen atoms in total. The van der Waals surface area contributed by atoms with Crippen molar-refractivity contribution in [1.82, 2.24) is 19.9 Å². The molecule has 422 valence electrons. The SMILES string of the molecule is O=C(Nc1cccc(OCCCO)n1)N1c2nc(-c3cccc(C(F)(F)F)c3)c(Cl)cc2N2CC[C@H]1C2.O=C(Nc1cccc(OCCCOC2CCCCO2)n1)N1c2nc(-c3cccc(C(F)(F)F)c3)c(Cl)cc2N2CC[C@H]1C2. The van der Waals surface area contributed by atoms with E-state index in [1.165, 1.54) is 29.2 Å². The molecular formula is C55H54Cl2F6N10O7. The summed E-state index contributed by atoms with van der Waals surface area (Å²) in [5.41, 5.74) is 0.395. The lowest BCUT2D eigenvalue weighted by atomic mass is 10.1. The van der Waals surface area contributed by atoms with Crippen LogP contribution in [-0.4, -0.2) is 115 Å². The summed E-state index contributed by atoms with van der Waals surface area (Å²) in [6, 6.07) is 21.7. The molecule has 3 saturated heterocycles. The summed E-state index contributed by atoms with van der Waals surface area (Å²) in [5.74, 6) is 1.86. The lowest BCUT2D eigenvalue weighted by Crippen LogP contribution is -2.48. The highest BCUT2D eigenvalue weighted by Crippen LogP contribution is 2.46. The molecule has 0 radical (unpaired) electrons. The molecule has 4 bridgehead atoms. The number of nitrogens with one attached hydrogen (secondary N) is 2. The van der Waals surface area contributed by atoms with Gasteiger partial charge in [-0.3, -0.25) is 20.4 Å². The molecule has 0 spiro atoms. The van der Waals surface area contributed by atoms with Gasteiger partial charge in [-0.05, 0) is 80.6 Å². The Kier molecular flexibility index (Phi) is 17.0. The first kappa shape index (κ1) is 56.1. The van der Waals surface area contributed by atoms with E-state index in [-0.39, 0.29) is 70.0 Å². The van der Waals surface area contributed by atoms with Crippen molar-refractivity contribution in [3.63, 3.8) is 0 Å². The van der Waals surface area contributed by atoms with E-state index in [1.54, 1.807) is 53.4 Å². The topological polar surface area (TPSA) is 180 Å². The molecule has 4 amide bonds. The molecule has 2 aromatic carbocycles. The Balaban J connectivity index is 0.000000182. The molecule has 3 N–H and O–H groups in total. The maximum Gasteiger partial charge on any atom is 0.416 e. The Bertz CT molecular complexity index is 3210. The lowest BCUT2D eigenvalue weighted by molar-refractivity contribution is -0.163. The smallest absolute Gasteiger partial charge is 0.416 e. The third-order valence-electron chi connectivity index (χ3n) is 13.9. The monoisotopic (exact) mass is 1150 g/mol. The molecule has 3 fully saturated rings. The first-order valence-corrected chi connectivity index (χ1v) is 26.8. The Morgan fingerprint density at radius 2 is 1.11 bits per heavy atom. The summed E-state index contributed by atoms with van der Waals surface area (Å²) in [7, 11) is 0. The lowest BCUT2D eigenvalue weighted by Gasteiger charge is -2.36. The second-order valence-electron chi connectivity index (χ2n) is 19.4. The van der Waals surface area contributed by atoms with Gasteiger partial charge in [-0.15, -0.1) is 0 Å². The highest BCUT2D eigenvalue weighted by molar-refractivity contribution is 6.34. The predicted molar refractivity (Wildman–Crippen MR) is 289 cm³/mol. The molecule has 5 aliphatic rings. The average molecular weight is 1150 g/mol. The minimum atomic E-state index is -4.52. The van der Waals surface area contributed by atoms with Gasteiger partial charge in [0.05, 0.1) is 75.8 Å². The summed E-state index contributed by atoms with van der Waals surface area (Å²) in [6.45, 7) is 4.45. The van der Waals surface area contributed by atoms with Crippen molar-refractivity contribution in [2.24, 2.45) is 0 Å². The van der Waals surface area contributed by atoms with Gasteiger partial charge in [-0.2, -0.15) is 36.3 Å². The van der Waals surface area contributed by atoms with Crippen LogP contribution in [0.25, 0.3) is 22.5 Å². The van der Waals surface area contributed by atoms with Crippen LogP contribution in [-0.2, 0) is 21.8 Å². The van der Waals surface area contributed by atoms with Crippen LogP contribution in [0.5, 0.6) is 11.8 Å². The van der Waals surface area contributed by atoms with Crippen LogP contribution in [0.4, 0.5) is 70.6 Å². The minimum Gasteiger partial charge on any atom is -0.478 e. The predicted octanol–water partition coefficient (Wildman–Crippen LogP) is 12.0. The number of fused-ring (bicyclic) bond motifs is 8. The number of aliphatic hydroxyl groups excluding tert-OH is 1. The fourth-order valence-electron chi connectivity index (χ4n) is 10.1. The molecule has 25 heteroatoms. The molecule has 5 aliphatic heterocycles. The van der Waals surface area contributed by atoms with E-state index in [0.717, 1.165) is 50.1 Å². The van der Waals surface area contributed by atoms with E-state index in [2.05, 4.69) is 40.4 Å². The quantitative estimate of drug-likeness (QED) is 0.0693.